The number of aliphatic carboxylic acids is 1. The average Bonchev–Trinajstić information content (AvgIpc) is 3.25. The molecule has 3 heterocycles. The summed E-state index contributed by atoms with van der Waals surface area (Å²) in [4.78, 5) is 29.2. The number of amides is 1. The molecule has 2 aromatic heterocycles. The van der Waals surface area contributed by atoms with Crippen molar-refractivity contribution in [1.82, 2.24) is 14.7 Å². The van der Waals surface area contributed by atoms with Crippen LogP contribution in [0, 0.1) is 5.41 Å². The Morgan fingerprint density at radius 3 is 2.68 bits per heavy atom. The van der Waals surface area contributed by atoms with E-state index >= 15 is 0 Å². The molecule has 2 atom stereocenters. The summed E-state index contributed by atoms with van der Waals surface area (Å²) in [7, 11) is 0. The fraction of sp³-hybridized carbons (Fsp3) is 0.150. The highest BCUT2D eigenvalue weighted by Crippen LogP contribution is 2.49. The summed E-state index contributed by atoms with van der Waals surface area (Å²) in [6, 6.07) is 12.5. The lowest BCUT2D eigenvalue weighted by atomic mass is 9.79. The molecule has 2 N–H and O–H groups in total. The molecule has 1 aliphatic heterocycles. The van der Waals surface area contributed by atoms with Gasteiger partial charge in [-0.2, -0.15) is 0 Å². The van der Waals surface area contributed by atoms with Gasteiger partial charge in [-0.1, -0.05) is 29.8 Å². The number of aromatic nitrogens is 2. The van der Waals surface area contributed by atoms with Gasteiger partial charge in [-0.3, -0.25) is 9.59 Å². The quantitative estimate of drug-likeness (QED) is 0.677. The summed E-state index contributed by atoms with van der Waals surface area (Å²) >= 11 is 7.22. The summed E-state index contributed by atoms with van der Waals surface area (Å²) in [6.45, 7) is 1.62. The molecule has 0 radical (unpaired) electrons. The van der Waals surface area contributed by atoms with E-state index in [0.29, 0.717) is 16.2 Å². The lowest BCUT2D eigenvalue weighted by Gasteiger charge is -2.30. The maximum absolute atomic E-state index is 12.7. The SMILES string of the molecule is CC1(C(=O)O)C(c2ccc(Cl)cc2)=CSC1NC(=O)c1cn2ccccc2n1. The second kappa shape index (κ2) is 7.00. The van der Waals surface area contributed by atoms with Crippen molar-refractivity contribution < 1.29 is 14.7 Å². The zero-order chi connectivity index (χ0) is 19.9. The molecule has 28 heavy (non-hydrogen) atoms. The van der Waals surface area contributed by atoms with E-state index in [1.165, 1.54) is 11.8 Å². The van der Waals surface area contributed by atoms with Gasteiger partial charge < -0.3 is 14.8 Å². The van der Waals surface area contributed by atoms with E-state index in [4.69, 9.17) is 11.6 Å². The molecule has 1 aromatic carbocycles. The van der Waals surface area contributed by atoms with Crippen LogP contribution in [0.1, 0.15) is 23.0 Å². The zero-order valence-corrected chi connectivity index (χ0v) is 16.4. The highest BCUT2D eigenvalue weighted by Gasteiger charge is 2.50. The molecule has 0 saturated heterocycles. The molecule has 1 amide bonds. The number of thioether (sulfide) groups is 1. The third-order valence-electron chi connectivity index (χ3n) is 4.86. The number of carbonyl (C=O) groups is 2. The Hall–Kier alpha value is -2.77. The number of benzene rings is 1. The zero-order valence-electron chi connectivity index (χ0n) is 14.8. The van der Waals surface area contributed by atoms with Crippen LogP contribution in [-0.4, -0.2) is 31.7 Å². The number of imidazole rings is 1. The van der Waals surface area contributed by atoms with Crippen molar-refractivity contribution in [1.29, 1.82) is 0 Å². The van der Waals surface area contributed by atoms with Crippen molar-refractivity contribution in [3.05, 3.63) is 76.5 Å². The Labute approximate surface area is 170 Å². The van der Waals surface area contributed by atoms with Crippen LogP contribution in [0.25, 0.3) is 11.2 Å². The van der Waals surface area contributed by atoms with Gasteiger partial charge in [-0.15, -0.1) is 11.8 Å². The first-order chi connectivity index (χ1) is 13.4. The number of halogens is 1. The van der Waals surface area contributed by atoms with Gasteiger partial charge in [0.05, 0.1) is 5.37 Å². The molecule has 142 valence electrons. The maximum Gasteiger partial charge on any atom is 0.316 e. The number of carboxylic acids is 1. The third-order valence-corrected chi connectivity index (χ3v) is 6.35. The van der Waals surface area contributed by atoms with Crippen molar-refractivity contribution in [3.8, 4) is 0 Å². The molecule has 3 aromatic rings. The number of pyridine rings is 1. The second-order valence-electron chi connectivity index (χ2n) is 6.63. The highest BCUT2D eigenvalue weighted by atomic mass is 35.5. The first kappa shape index (κ1) is 18.6. The summed E-state index contributed by atoms with van der Waals surface area (Å²) < 4.78 is 1.74. The van der Waals surface area contributed by atoms with E-state index in [-0.39, 0.29) is 5.69 Å². The predicted molar refractivity (Wildman–Crippen MR) is 109 cm³/mol. The van der Waals surface area contributed by atoms with Gasteiger partial charge in [0, 0.05) is 17.4 Å². The fourth-order valence-corrected chi connectivity index (χ4v) is 4.63. The van der Waals surface area contributed by atoms with Crippen LogP contribution in [0.4, 0.5) is 0 Å². The lowest BCUT2D eigenvalue weighted by molar-refractivity contribution is -0.144. The van der Waals surface area contributed by atoms with Gasteiger partial charge >= 0.3 is 5.97 Å². The molecule has 0 fully saturated rings. The minimum atomic E-state index is -1.30. The van der Waals surface area contributed by atoms with Crippen LogP contribution >= 0.6 is 23.4 Å². The molecular formula is C20H16ClN3O3S. The standard InChI is InChI=1S/C20H16ClN3O3S/c1-20(19(26)27)14(12-5-7-13(21)8-6-12)11-28-18(20)23-17(25)15-10-24-9-3-2-4-16(24)22-15/h2-11,18H,1H3,(H,23,25)(H,26,27). The van der Waals surface area contributed by atoms with Gasteiger partial charge in [0.1, 0.15) is 16.8 Å². The lowest BCUT2D eigenvalue weighted by Crippen LogP contribution is -2.47. The first-order valence-corrected chi connectivity index (χ1v) is 9.81. The Balaban J connectivity index is 1.61. The Morgan fingerprint density at radius 1 is 1.25 bits per heavy atom. The Bertz CT molecular complexity index is 1080. The van der Waals surface area contributed by atoms with Gasteiger partial charge in [0.15, 0.2) is 0 Å². The molecule has 6 nitrogen and oxygen atoms in total. The summed E-state index contributed by atoms with van der Waals surface area (Å²) in [5, 5.41) is 14.5. The van der Waals surface area contributed by atoms with Crippen LogP contribution in [0.2, 0.25) is 5.02 Å². The third kappa shape index (κ3) is 3.06. The fourth-order valence-electron chi connectivity index (χ4n) is 3.18. The Kier molecular flexibility index (Phi) is 4.64. The number of nitrogens with one attached hydrogen (secondary N) is 1. The van der Waals surface area contributed by atoms with E-state index in [1.807, 2.05) is 12.1 Å². The predicted octanol–water partition coefficient (Wildman–Crippen LogP) is 3.92. The van der Waals surface area contributed by atoms with Crippen molar-refractivity contribution in [3.63, 3.8) is 0 Å². The van der Waals surface area contributed by atoms with E-state index in [9.17, 15) is 14.7 Å². The molecule has 0 saturated carbocycles. The maximum atomic E-state index is 12.7. The Morgan fingerprint density at radius 2 is 2.00 bits per heavy atom. The van der Waals surface area contributed by atoms with Gasteiger partial charge in [0.2, 0.25) is 0 Å². The van der Waals surface area contributed by atoms with Crippen LogP contribution in [0.5, 0.6) is 0 Å². The largest absolute Gasteiger partial charge is 0.480 e. The average molecular weight is 414 g/mol. The summed E-state index contributed by atoms with van der Waals surface area (Å²) in [5.41, 5.74) is 0.966. The van der Waals surface area contributed by atoms with Gasteiger partial charge in [0.25, 0.3) is 5.91 Å². The monoisotopic (exact) mass is 413 g/mol. The normalized spacial score (nSPS) is 21.5. The van der Waals surface area contributed by atoms with E-state index in [1.54, 1.807) is 59.5 Å². The van der Waals surface area contributed by atoms with E-state index < -0.39 is 22.7 Å². The minimum Gasteiger partial charge on any atom is -0.480 e. The highest BCUT2D eigenvalue weighted by molar-refractivity contribution is 8.03. The first-order valence-electron chi connectivity index (χ1n) is 8.49. The number of rotatable bonds is 4. The number of carboxylic acid groups (broad SMARTS) is 1. The van der Waals surface area contributed by atoms with Crippen LogP contribution in [0.15, 0.2) is 60.3 Å². The molecule has 1 aliphatic rings. The molecule has 0 bridgehead atoms. The van der Waals surface area contributed by atoms with Crippen molar-refractivity contribution in [2.75, 3.05) is 0 Å². The molecule has 4 rings (SSSR count). The van der Waals surface area contributed by atoms with Crippen molar-refractivity contribution >= 4 is 46.5 Å². The van der Waals surface area contributed by atoms with Crippen molar-refractivity contribution in [2.45, 2.75) is 12.3 Å². The molecule has 0 spiro atoms. The molecule has 0 aliphatic carbocycles. The van der Waals surface area contributed by atoms with Gasteiger partial charge in [-0.25, -0.2) is 4.98 Å². The number of carbonyl (C=O) groups excluding carboxylic acids is 1. The van der Waals surface area contributed by atoms with Crippen LogP contribution in [0.3, 0.4) is 0 Å². The number of nitrogens with zero attached hydrogens (tertiary/aromatic N) is 2. The number of hydrogen-bond donors (Lipinski definition) is 2. The summed E-state index contributed by atoms with van der Waals surface area (Å²) in [5.74, 6) is -1.43. The van der Waals surface area contributed by atoms with E-state index in [2.05, 4.69) is 10.3 Å². The summed E-state index contributed by atoms with van der Waals surface area (Å²) in [6.07, 6.45) is 3.42. The molecule has 2 unspecified atom stereocenters. The number of hydrogen-bond acceptors (Lipinski definition) is 4. The minimum absolute atomic E-state index is 0.236. The van der Waals surface area contributed by atoms with Crippen LogP contribution in [-0.2, 0) is 4.79 Å². The van der Waals surface area contributed by atoms with Gasteiger partial charge in [-0.05, 0) is 47.7 Å². The second-order valence-corrected chi connectivity index (χ2v) is 8.04. The topological polar surface area (TPSA) is 83.7 Å². The smallest absolute Gasteiger partial charge is 0.316 e. The number of fused-ring (bicyclic) bond motifs is 1. The molecule has 8 heteroatoms. The van der Waals surface area contributed by atoms with E-state index in [0.717, 1.165) is 5.56 Å². The molecular weight excluding hydrogens is 398 g/mol. The van der Waals surface area contributed by atoms with Crippen LogP contribution < -0.4 is 5.32 Å². The van der Waals surface area contributed by atoms with Crippen molar-refractivity contribution in [2.24, 2.45) is 5.41 Å².